The first kappa shape index (κ1) is 14.6. The zero-order valence-corrected chi connectivity index (χ0v) is 12.8. The van der Waals surface area contributed by atoms with E-state index in [1.807, 2.05) is 24.3 Å². The quantitative estimate of drug-likeness (QED) is 0.454. The van der Waals surface area contributed by atoms with Crippen molar-refractivity contribution in [1.29, 1.82) is 0 Å². The lowest BCUT2D eigenvalue weighted by Gasteiger charge is -2.07. The van der Waals surface area contributed by atoms with Crippen LogP contribution >= 0.6 is 15.9 Å². The van der Waals surface area contributed by atoms with Crippen molar-refractivity contribution in [2.75, 3.05) is 7.11 Å². The van der Waals surface area contributed by atoms with Crippen LogP contribution in [0.1, 0.15) is 16.7 Å². The van der Waals surface area contributed by atoms with Gasteiger partial charge in [0.15, 0.2) is 0 Å². The molecule has 0 aliphatic carbocycles. The molecule has 103 valence electrons. The highest BCUT2D eigenvalue weighted by atomic mass is 79.9. The van der Waals surface area contributed by atoms with E-state index in [0.29, 0.717) is 6.61 Å². The van der Waals surface area contributed by atoms with Crippen molar-refractivity contribution in [1.82, 2.24) is 0 Å². The van der Waals surface area contributed by atoms with Gasteiger partial charge in [0, 0.05) is 10.9 Å². The Balaban J connectivity index is 1.91. The van der Waals surface area contributed by atoms with E-state index in [1.54, 1.807) is 0 Å². The fourth-order valence-corrected chi connectivity index (χ4v) is 1.99. The van der Waals surface area contributed by atoms with Crippen LogP contribution in [0.15, 0.2) is 53.7 Å². The molecule has 2 rings (SSSR count). The summed E-state index contributed by atoms with van der Waals surface area (Å²) in [4.78, 5) is 4.58. The second-order valence-electron chi connectivity index (χ2n) is 4.15. The van der Waals surface area contributed by atoms with E-state index in [0.717, 1.165) is 22.2 Å². The molecule has 0 saturated heterocycles. The Hall–Kier alpha value is -1.81. The highest BCUT2D eigenvalue weighted by Gasteiger charge is 1.97. The first-order chi connectivity index (χ1) is 9.81. The zero-order valence-electron chi connectivity index (χ0n) is 11.2. The number of alkyl halides is 1. The number of nitrogens with zero attached hydrogens (tertiary/aromatic N) is 1. The van der Waals surface area contributed by atoms with Gasteiger partial charge < -0.3 is 9.57 Å². The molecule has 0 aliphatic heterocycles. The Morgan fingerprint density at radius 1 is 1.00 bits per heavy atom. The van der Waals surface area contributed by atoms with E-state index >= 15 is 0 Å². The molecule has 2 aromatic rings. The topological polar surface area (TPSA) is 30.8 Å². The molecule has 0 atom stereocenters. The van der Waals surface area contributed by atoms with Crippen molar-refractivity contribution in [3.63, 3.8) is 0 Å². The maximum atomic E-state index is 5.72. The monoisotopic (exact) mass is 332 g/mol. The minimum absolute atomic E-state index is 0.553. The van der Waals surface area contributed by atoms with Crippen LogP contribution in [-0.4, -0.2) is 13.3 Å². The van der Waals surface area contributed by atoms with Gasteiger partial charge >= 0.3 is 0 Å². The summed E-state index contributed by atoms with van der Waals surface area (Å²) < 4.78 is 5.72. The largest absolute Gasteiger partial charge is 0.489 e. The van der Waals surface area contributed by atoms with Crippen LogP contribution in [-0.2, 0) is 16.8 Å². The summed E-state index contributed by atoms with van der Waals surface area (Å²) in [6.45, 7) is 0.553. The standard InChI is InChI=1S/C16H15BrNO2/c1-19-18-11-14-6-8-16(9-7-14)20-12-15-4-2-13(10-17)3-5-15/h2-9H,10,12H2,1H3. The number of hydrogen-bond donors (Lipinski definition) is 0. The SMILES string of the molecule is CON=[C]c1ccc(OCc2ccc(CBr)cc2)cc1. The Morgan fingerprint density at radius 2 is 1.65 bits per heavy atom. The second kappa shape index (κ2) is 7.70. The Labute approximate surface area is 127 Å². The molecular formula is C16H15BrNO2. The molecule has 0 unspecified atom stereocenters. The van der Waals surface area contributed by atoms with Crippen molar-refractivity contribution in [3.05, 3.63) is 65.2 Å². The van der Waals surface area contributed by atoms with Crippen molar-refractivity contribution >= 4 is 22.1 Å². The van der Waals surface area contributed by atoms with Gasteiger partial charge in [-0.1, -0.05) is 45.4 Å². The first-order valence-corrected chi connectivity index (χ1v) is 7.30. The van der Waals surface area contributed by atoms with Crippen LogP contribution in [0.3, 0.4) is 0 Å². The fourth-order valence-electron chi connectivity index (χ4n) is 1.62. The van der Waals surface area contributed by atoms with Crippen molar-refractivity contribution in [2.45, 2.75) is 11.9 Å². The van der Waals surface area contributed by atoms with E-state index in [-0.39, 0.29) is 0 Å². The molecule has 0 aromatic heterocycles. The molecule has 0 heterocycles. The summed E-state index contributed by atoms with van der Waals surface area (Å²) >= 11 is 3.43. The van der Waals surface area contributed by atoms with Gasteiger partial charge in [0.1, 0.15) is 25.7 Å². The van der Waals surface area contributed by atoms with Crippen LogP contribution in [0.5, 0.6) is 5.75 Å². The number of benzene rings is 2. The molecule has 0 saturated carbocycles. The van der Waals surface area contributed by atoms with Gasteiger partial charge in [0.25, 0.3) is 0 Å². The van der Waals surface area contributed by atoms with E-state index in [2.05, 4.69) is 56.4 Å². The van der Waals surface area contributed by atoms with E-state index < -0.39 is 0 Å². The van der Waals surface area contributed by atoms with Crippen molar-refractivity contribution in [2.24, 2.45) is 5.16 Å². The van der Waals surface area contributed by atoms with Crippen LogP contribution in [0, 0.1) is 0 Å². The van der Waals surface area contributed by atoms with Crippen molar-refractivity contribution < 1.29 is 9.57 Å². The number of ether oxygens (including phenoxy) is 1. The lowest BCUT2D eigenvalue weighted by Crippen LogP contribution is -1.95. The minimum Gasteiger partial charge on any atom is -0.489 e. The molecular weight excluding hydrogens is 318 g/mol. The molecule has 0 spiro atoms. The third kappa shape index (κ3) is 4.38. The Morgan fingerprint density at radius 3 is 2.25 bits per heavy atom. The number of rotatable bonds is 6. The van der Waals surface area contributed by atoms with Gasteiger partial charge in [-0.15, -0.1) is 0 Å². The molecule has 0 N–H and O–H groups in total. The van der Waals surface area contributed by atoms with Crippen LogP contribution in [0.2, 0.25) is 0 Å². The number of hydrogen-bond acceptors (Lipinski definition) is 3. The number of halogens is 1. The summed E-state index contributed by atoms with van der Waals surface area (Å²) in [6.07, 6.45) is 2.75. The maximum absolute atomic E-state index is 5.72. The van der Waals surface area contributed by atoms with Gasteiger partial charge in [0.05, 0.1) is 0 Å². The Bertz CT molecular complexity index is 550. The van der Waals surface area contributed by atoms with E-state index in [1.165, 1.54) is 12.7 Å². The molecule has 3 nitrogen and oxygen atoms in total. The van der Waals surface area contributed by atoms with Crippen LogP contribution in [0.25, 0.3) is 0 Å². The molecule has 0 amide bonds. The molecule has 1 radical (unpaired) electrons. The van der Waals surface area contributed by atoms with Gasteiger partial charge in [0.2, 0.25) is 0 Å². The Kier molecular flexibility index (Phi) is 5.62. The van der Waals surface area contributed by atoms with E-state index in [4.69, 9.17) is 4.74 Å². The lowest BCUT2D eigenvalue weighted by molar-refractivity contribution is 0.215. The molecule has 0 aliphatic rings. The van der Waals surface area contributed by atoms with Gasteiger partial charge in [-0.25, -0.2) is 0 Å². The normalized spacial score (nSPS) is 10.7. The minimum atomic E-state index is 0.553. The van der Waals surface area contributed by atoms with Gasteiger partial charge in [-0.3, -0.25) is 0 Å². The third-order valence-electron chi connectivity index (χ3n) is 2.70. The summed E-state index contributed by atoms with van der Waals surface area (Å²) in [5.41, 5.74) is 3.25. The first-order valence-electron chi connectivity index (χ1n) is 6.17. The highest BCUT2D eigenvalue weighted by molar-refractivity contribution is 9.08. The molecule has 2 aromatic carbocycles. The summed E-state index contributed by atoms with van der Waals surface area (Å²) in [6, 6.07) is 15.9. The average molecular weight is 333 g/mol. The zero-order chi connectivity index (χ0) is 14.2. The predicted molar refractivity (Wildman–Crippen MR) is 83.4 cm³/mol. The molecule has 0 fully saturated rings. The second-order valence-corrected chi connectivity index (χ2v) is 4.71. The van der Waals surface area contributed by atoms with Gasteiger partial charge in [-0.2, -0.15) is 0 Å². The summed E-state index contributed by atoms with van der Waals surface area (Å²) in [5.74, 6) is 0.817. The molecule has 0 bridgehead atoms. The van der Waals surface area contributed by atoms with Crippen molar-refractivity contribution in [3.8, 4) is 5.75 Å². The fraction of sp³-hybridized carbons (Fsp3) is 0.188. The lowest BCUT2D eigenvalue weighted by atomic mass is 10.2. The maximum Gasteiger partial charge on any atom is 0.139 e. The highest BCUT2D eigenvalue weighted by Crippen LogP contribution is 2.14. The smallest absolute Gasteiger partial charge is 0.139 e. The average Bonchev–Trinajstić information content (AvgIpc) is 2.52. The molecule has 4 heteroatoms. The third-order valence-corrected chi connectivity index (χ3v) is 3.35. The van der Waals surface area contributed by atoms with E-state index in [9.17, 15) is 0 Å². The summed E-state index contributed by atoms with van der Waals surface area (Å²) in [7, 11) is 1.49. The summed E-state index contributed by atoms with van der Waals surface area (Å²) in [5, 5.41) is 4.46. The molecule has 20 heavy (non-hydrogen) atoms. The van der Waals surface area contributed by atoms with Crippen LogP contribution in [0.4, 0.5) is 0 Å². The van der Waals surface area contributed by atoms with Crippen LogP contribution < -0.4 is 4.74 Å². The van der Waals surface area contributed by atoms with Gasteiger partial charge in [-0.05, 0) is 35.4 Å². The predicted octanol–water partition coefficient (Wildman–Crippen LogP) is 4.02.